The minimum Gasteiger partial charge on any atom is -0.375 e. The molecule has 23 heavy (non-hydrogen) atoms. The van der Waals surface area contributed by atoms with Crippen molar-refractivity contribution < 1.29 is 4.79 Å². The molecule has 6 heteroatoms. The fraction of sp³-hybridized carbons (Fsp3) is 0.235. The number of rotatable bonds is 6. The Labute approximate surface area is 146 Å². The maximum absolute atomic E-state index is 11.9. The quantitative estimate of drug-likeness (QED) is 0.744. The van der Waals surface area contributed by atoms with Crippen molar-refractivity contribution in [1.29, 1.82) is 0 Å². The molecule has 0 fully saturated rings. The van der Waals surface area contributed by atoms with Crippen LogP contribution in [-0.2, 0) is 0 Å². The van der Waals surface area contributed by atoms with Crippen LogP contribution in [-0.4, -0.2) is 26.2 Å². The van der Waals surface area contributed by atoms with Gasteiger partial charge >= 0.3 is 6.03 Å². The van der Waals surface area contributed by atoms with Crippen LogP contribution in [0.1, 0.15) is 6.42 Å². The van der Waals surface area contributed by atoms with Crippen LogP contribution in [0.2, 0.25) is 10.0 Å². The molecule has 0 aromatic heterocycles. The summed E-state index contributed by atoms with van der Waals surface area (Å²) in [5.41, 5.74) is 1.58. The topological polar surface area (TPSA) is 44.4 Å². The van der Waals surface area contributed by atoms with E-state index < -0.39 is 0 Å². The van der Waals surface area contributed by atoms with E-state index in [1.165, 1.54) is 0 Å². The molecule has 2 rings (SSSR count). The average Bonchev–Trinajstić information content (AvgIpc) is 2.56. The lowest BCUT2D eigenvalue weighted by molar-refractivity contribution is 0.252. The van der Waals surface area contributed by atoms with Crippen LogP contribution in [0.15, 0.2) is 48.5 Å². The molecule has 2 amide bonds. The van der Waals surface area contributed by atoms with E-state index in [0.717, 1.165) is 18.7 Å². The van der Waals surface area contributed by atoms with Gasteiger partial charge in [0.2, 0.25) is 0 Å². The first-order valence-corrected chi connectivity index (χ1v) is 8.08. The number of carbonyl (C=O) groups excluding carboxylic acids is 1. The number of benzene rings is 2. The number of halogens is 2. The number of anilines is 2. The van der Waals surface area contributed by atoms with Gasteiger partial charge in [0.15, 0.2) is 0 Å². The van der Waals surface area contributed by atoms with Crippen LogP contribution >= 0.6 is 23.2 Å². The van der Waals surface area contributed by atoms with Crippen molar-refractivity contribution in [3.05, 3.63) is 58.6 Å². The number of nitrogens with one attached hydrogen (secondary N) is 2. The fourth-order valence-corrected chi connectivity index (χ4v) is 2.60. The third-order valence-electron chi connectivity index (χ3n) is 3.35. The zero-order valence-electron chi connectivity index (χ0n) is 12.9. The zero-order valence-corrected chi connectivity index (χ0v) is 14.4. The monoisotopic (exact) mass is 351 g/mol. The summed E-state index contributed by atoms with van der Waals surface area (Å²) in [5.74, 6) is 0. The Morgan fingerprint density at radius 1 is 1.04 bits per heavy atom. The summed E-state index contributed by atoms with van der Waals surface area (Å²) in [6.45, 7) is 1.40. The van der Waals surface area contributed by atoms with Gasteiger partial charge in [-0.1, -0.05) is 47.5 Å². The standard InChI is InChI=1S/C17H19Cl2N3O/c1-22(13-7-3-2-4-8-13)12-6-11-20-17(23)21-16-14(18)9-5-10-15(16)19/h2-5,7-10H,6,11-12H2,1H3,(H2,20,21,23). The van der Waals surface area contributed by atoms with E-state index in [9.17, 15) is 4.79 Å². The predicted molar refractivity (Wildman–Crippen MR) is 97.8 cm³/mol. The van der Waals surface area contributed by atoms with Gasteiger partial charge in [-0.25, -0.2) is 4.79 Å². The van der Waals surface area contributed by atoms with Crippen molar-refractivity contribution in [2.24, 2.45) is 0 Å². The number of para-hydroxylation sites is 2. The van der Waals surface area contributed by atoms with Crippen LogP contribution in [0, 0.1) is 0 Å². The van der Waals surface area contributed by atoms with Gasteiger partial charge < -0.3 is 15.5 Å². The second kappa shape index (κ2) is 8.65. The normalized spacial score (nSPS) is 10.2. The number of amides is 2. The van der Waals surface area contributed by atoms with Gasteiger partial charge in [0, 0.05) is 25.8 Å². The highest BCUT2D eigenvalue weighted by Crippen LogP contribution is 2.29. The highest BCUT2D eigenvalue weighted by atomic mass is 35.5. The molecule has 0 aliphatic rings. The van der Waals surface area contributed by atoms with E-state index in [1.807, 2.05) is 25.2 Å². The Morgan fingerprint density at radius 2 is 1.70 bits per heavy atom. The molecule has 0 saturated heterocycles. The van der Waals surface area contributed by atoms with E-state index in [0.29, 0.717) is 22.3 Å². The van der Waals surface area contributed by atoms with Crippen molar-refractivity contribution in [2.45, 2.75) is 6.42 Å². The van der Waals surface area contributed by atoms with Gasteiger partial charge in [0.1, 0.15) is 0 Å². The fourth-order valence-electron chi connectivity index (χ4n) is 2.10. The zero-order chi connectivity index (χ0) is 16.7. The summed E-state index contributed by atoms with van der Waals surface area (Å²) >= 11 is 12.0. The van der Waals surface area contributed by atoms with Crippen molar-refractivity contribution in [1.82, 2.24) is 5.32 Å². The first kappa shape index (κ1) is 17.4. The maximum atomic E-state index is 11.9. The van der Waals surface area contributed by atoms with Gasteiger partial charge in [0.05, 0.1) is 15.7 Å². The molecule has 0 aliphatic heterocycles. The molecule has 0 spiro atoms. The summed E-state index contributed by atoms with van der Waals surface area (Å²) in [6.07, 6.45) is 0.828. The molecule has 0 heterocycles. The molecular formula is C17H19Cl2N3O. The molecule has 0 saturated carbocycles. The molecule has 0 bridgehead atoms. The first-order valence-electron chi connectivity index (χ1n) is 7.33. The molecule has 122 valence electrons. The highest BCUT2D eigenvalue weighted by Gasteiger charge is 2.09. The van der Waals surface area contributed by atoms with Crippen molar-refractivity contribution >= 4 is 40.6 Å². The average molecular weight is 352 g/mol. The molecule has 2 N–H and O–H groups in total. The van der Waals surface area contributed by atoms with Crippen LogP contribution in [0.5, 0.6) is 0 Å². The van der Waals surface area contributed by atoms with Gasteiger partial charge in [-0.2, -0.15) is 0 Å². The highest BCUT2D eigenvalue weighted by molar-refractivity contribution is 6.39. The SMILES string of the molecule is CN(CCCNC(=O)Nc1c(Cl)cccc1Cl)c1ccccc1. The Morgan fingerprint density at radius 3 is 2.35 bits per heavy atom. The Bertz CT molecular complexity index is 629. The Kier molecular flexibility index (Phi) is 6.56. The van der Waals surface area contributed by atoms with Gasteiger partial charge in [-0.15, -0.1) is 0 Å². The third-order valence-corrected chi connectivity index (χ3v) is 3.98. The minimum absolute atomic E-state index is 0.317. The lowest BCUT2D eigenvalue weighted by Gasteiger charge is -2.19. The first-order chi connectivity index (χ1) is 11.1. The summed E-state index contributed by atoms with van der Waals surface area (Å²) in [4.78, 5) is 14.0. The van der Waals surface area contributed by atoms with Crippen molar-refractivity contribution in [2.75, 3.05) is 30.4 Å². The van der Waals surface area contributed by atoms with Gasteiger partial charge in [0.25, 0.3) is 0 Å². The maximum Gasteiger partial charge on any atom is 0.319 e. The molecule has 0 atom stereocenters. The lowest BCUT2D eigenvalue weighted by Crippen LogP contribution is -2.31. The van der Waals surface area contributed by atoms with Crippen LogP contribution in [0.4, 0.5) is 16.2 Å². The number of urea groups is 1. The smallest absolute Gasteiger partial charge is 0.319 e. The molecule has 0 unspecified atom stereocenters. The molecule has 4 nitrogen and oxygen atoms in total. The van der Waals surface area contributed by atoms with Crippen LogP contribution < -0.4 is 15.5 Å². The second-order valence-corrected chi connectivity index (χ2v) is 5.90. The molecule has 0 radical (unpaired) electrons. The summed E-state index contributed by atoms with van der Waals surface area (Å²) in [5, 5.41) is 6.30. The summed E-state index contributed by atoms with van der Waals surface area (Å²) in [6, 6.07) is 14.9. The second-order valence-electron chi connectivity index (χ2n) is 5.09. The molecular weight excluding hydrogens is 333 g/mol. The van der Waals surface area contributed by atoms with Crippen molar-refractivity contribution in [3.8, 4) is 0 Å². The summed E-state index contributed by atoms with van der Waals surface area (Å²) < 4.78 is 0. The van der Waals surface area contributed by atoms with Crippen molar-refractivity contribution in [3.63, 3.8) is 0 Å². The number of hydrogen-bond acceptors (Lipinski definition) is 2. The van der Waals surface area contributed by atoms with Gasteiger partial charge in [-0.3, -0.25) is 0 Å². The van der Waals surface area contributed by atoms with E-state index in [4.69, 9.17) is 23.2 Å². The van der Waals surface area contributed by atoms with Crippen LogP contribution in [0.25, 0.3) is 0 Å². The molecule has 0 aliphatic carbocycles. The van der Waals surface area contributed by atoms with E-state index in [1.54, 1.807) is 18.2 Å². The van der Waals surface area contributed by atoms with Crippen LogP contribution in [0.3, 0.4) is 0 Å². The number of hydrogen-bond donors (Lipinski definition) is 2. The van der Waals surface area contributed by atoms with Gasteiger partial charge in [-0.05, 0) is 30.7 Å². The molecule has 2 aromatic carbocycles. The molecule has 2 aromatic rings. The lowest BCUT2D eigenvalue weighted by atomic mass is 10.3. The Hall–Kier alpha value is -1.91. The predicted octanol–water partition coefficient (Wildman–Crippen LogP) is 4.64. The minimum atomic E-state index is -0.317. The van der Waals surface area contributed by atoms with E-state index in [-0.39, 0.29) is 6.03 Å². The van der Waals surface area contributed by atoms with E-state index in [2.05, 4.69) is 27.7 Å². The number of nitrogens with zero attached hydrogens (tertiary/aromatic N) is 1. The van der Waals surface area contributed by atoms with E-state index >= 15 is 0 Å². The number of carbonyl (C=O) groups is 1. The third kappa shape index (κ3) is 5.34. The Balaban J connectivity index is 1.73. The summed E-state index contributed by atoms with van der Waals surface area (Å²) in [7, 11) is 2.03. The largest absolute Gasteiger partial charge is 0.375 e.